The van der Waals surface area contributed by atoms with Gasteiger partial charge in [-0.25, -0.2) is 4.79 Å². The van der Waals surface area contributed by atoms with Gasteiger partial charge in [-0.1, -0.05) is 6.07 Å². The summed E-state index contributed by atoms with van der Waals surface area (Å²) in [6.45, 7) is 13.9. The van der Waals surface area contributed by atoms with Crippen molar-refractivity contribution in [2.24, 2.45) is 0 Å². The van der Waals surface area contributed by atoms with Crippen molar-refractivity contribution in [2.75, 3.05) is 18.4 Å². The predicted molar refractivity (Wildman–Crippen MR) is 124 cm³/mol. The minimum atomic E-state index is -0.465. The van der Waals surface area contributed by atoms with E-state index in [0.717, 1.165) is 42.2 Å². The first-order valence-corrected chi connectivity index (χ1v) is 11.0. The second-order valence-electron chi connectivity index (χ2n) is 9.31. The molecule has 31 heavy (non-hydrogen) atoms. The number of likely N-dealkylation sites (tertiary alicyclic amines) is 1. The van der Waals surface area contributed by atoms with Crippen molar-refractivity contribution >= 4 is 11.8 Å². The maximum atomic E-state index is 12.2. The minimum Gasteiger partial charge on any atom is -0.490 e. The Bertz CT molecular complexity index is 913. The summed E-state index contributed by atoms with van der Waals surface area (Å²) in [5, 5.41) is 3.48. The summed E-state index contributed by atoms with van der Waals surface area (Å²) in [6.07, 6.45) is 1.49. The number of nitrogens with one attached hydrogen (secondary N) is 1. The molecule has 2 aromatic rings. The van der Waals surface area contributed by atoms with Gasteiger partial charge < -0.3 is 19.7 Å². The van der Waals surface area contributed by atoms with Gasteiger partial charge in [0.25, 0.3) is 0 Å². The second-order valence-corrected chi connectivity index (χ2v) is 9.31. The number of rotatable bonds is 5. The van der Waals surface area contributed by atoms with Crippen molar-refractivity contribution < 1.29 is 14.3 Å². The summed E-state index contributed by atoms with van der Waals surface area (Å²) >= 11 is 0. The Morgan fingerprint density at radius 3 is 2.45 bits per heavy atom. The van der Waals surface area contributed by atoms with E-state index in [-0.39, 0.29) is 12.2 Å². The molecule has 1 fully saturated rings. The van der Waals surface area contributed by atoms with Crippen LogP contribution in [-0.2, 0) is 11.3 Å². The number of carbonyl (C=O) groups is 1. The summed E-state index contributed by atoms with van der Waals surface area (Å²) in [6, 6.07) is 10.3. The highest BCUT2D eigenvalue weighted by Crippen LogP contribution is 2.24. The third kappa shape index (κ3) is 6.61. The number of pyridine rings is 1. The molecule has 0 spiro atoms. The molecule has 1 aliphatic heterocycles. The van der Waals surface area contributed by atoms with Crippen LogP contribution < -0.4 is 10.1 Å². The number of piperidine rings is 1. The van der Waals surface area contributed by atoms with E-state index in [0.29, 0.717) is 13.1 Å². The molecule has 168 valence electrons. The monoisotopic (exact) mass is 425 g/mol. The standard InChI is InChI=1S/C25H35N3O3/c1-17-15-22(9-8-20(17)16-26-23-10-7-18(2)27-19(23)3)30-21-11-13-28(14-12-21)24(29)31-25(4,5)6/h7-10,15,21,26H,11-14,16H2,1-6H3. The van der Waals surface area contributed by atoms with Crippen molar-refractivity contribution in [3.8, 4) is 5.75 Å². The molecule has 0 atom stereocenters. The number of benzene rings is 1. The first-order chi connectivity index (χ1) is 14.6. The topological polar surface area (TPSA) is 63.7 Å². The zero-order valence-electron chi connectivity index (χ0n) is 19.6. The summed E-state index contributed by atoms with van der Waals surface area (Å²) in [4.78, 5) is 18.5. The fourth-order valence-corrected chi connectivity index (χ4v) is 3.68. The summed E-state index contributed by atoms with van der Waals surface area (Å²) in [7, 11) is 0. The van der Waals surface area contributed by atoms with E-state index in [1.807, 2.05) is 46.8 Å². The first kappa shape index (κ1) is 22.9. The maximum absolute atomic E-state index is 12.2. The highest BCUT2D eigenvalue weighted by atomic mass is 16.6. The SMILES string of the molecule is Cc1ccc(NCc2ccc(OC3CCN(C(=O)OC(C)(C)C)CC3)cc2C)c(C)n1. The van der Waals surface area contributed by atoms with E-state index in [1.54, 1.807) is 4.90 Å². The van der Waals surface area contributed by atoms with Crippen LogP contribution in [0.25, 0.3) is 0 Å². The van der Waals surface area contributed by atoms with Gasteiger partial charge in [0.05, 0.1) is 11.4 Å². The van der Waals surface area contributed by atoms with Crippen LogP contribution >= 0.6 is 0 Å². The van der Waals surface area contributed by atoms with Gasteiger partial charge in [0.1, 0.15) is 17.5 Å². The fourth-order valence-electron chi connectivity index (χ4n) is 3.68. The molecule has 0 saturated carbocycles. The Morgan fingerprint density at radius 2 is 1.84 bits per heavy atom. The van der Waals surface area contributed by atoms with Gasteiger partial charge in [-0.3, -0.25) is 4.98 Å². The highest BCUT2D eigenvalue weighted by molar-refractivity contribution is 5.68. The quantitative estimate of drug-likeness (QED) is 0.695. The highest BCUT2D eigenvalue weighted by Gasteiger charge is 2.27. The van der Waals surface area contributed by atoms with E-state index in [9.17, 15) is 4.79 Å². The van der Waals surface area contributed by atoms with Gasteiger partial charge in [0, 0.05) is 38.2 Å². The van der Waals surface area contributed by atoms with Crippen LogP contribution in [0.2, 0.25) is 0 Å². The zero-order valence-corrected chi connectivity index (χ0v) is 19.6. The molecule has 2 heterocycles. The molecular weight excluding hydrogens is 390 g/mol. The predicted octanol–water partition coefficient (Wildman–Crippen LogP) is 5.40. The van der Waals surface area contributed by atoms with Crippen molar-refractivity contribution in [3.05, 3.63) is 52.8 Å². The average Bonchev–Trinajstić information content (AvgIpc) is 2.68. The van der Waals surface area contributed by atoms with Crippen LogP contribution in [0, 0.1) is 20.8 Å². The van der Waals surface area contributed by atoms with Crippen molar-refractivity contribution in [1.82, 2.24) is 9.88 Å². The van der Waals surface area contributed by atoms with Gasteiger partial charge >= 0.3 is 6.09 Å². The van der Waals surface area contributed by atoms with Gasteiger partial charge in [-0.2, -0.15) is 0 Å². The molecule has 0 bridgehead atoms. The number of nitrogens with zero attached hydrogens (tertiary/aromatic N) is 2. The number of anilines is 1. The van der Waals surface area contributed by atoms with Crippen LogP contribution in [0.5, 0.6) is 5.75 Å². The second kappa shape index (κ2) is 9.58. The molecule has 6 nitrogen and oxygen atoms in total. The van der Waals surface area contributed by atoms with E-state index in [2.05, 4.69) is 35.4 Å². The molecular formula is C25H35N3O3. The number of hydrogen-bond donors (Lipinski definition) is 1. The number of aryl methyl sites for hydroxylation is 3. The van der Waals surface area contributed by atoms with Gasteiger partial charge in [0.15, 0.2) is 0 Å². The average molecular weight is 426 g/mol. The van der Waals surface area contributed by atoms with Gasteiger partial charge in [0.2, 0.25) is 0 Å². The van der Waals surface area contributed by atoms with Crippen LogP contribution in [0.3, 0.4) is 0 Å². The zero-order chi connectivity index (χ0) is 22.6. The third-order valence-corrected chi connectivity index (χ3v) is 5.40. The van der Waals surface area contributed by atoms with Crippen molar-refractivity contribution in [2.45, 2.75) is 72.6 Å². The molecule has 3 rings (SSSR count). The van der Waals surface area contributed by atoms with Crippen LogP contribution in [0.15, 0.2) is 30.3 Å². The molecule has 0 radical (unpaired) electrons. The lowest BCUT2D eigenvalue weighted by atomic mass is 10.1. The molecule has 1 saturated heterocycles. The first-order valence-electron chi connectivity index (χ1n) is 11.0. The summed E-state index contributed by atoms with van der Waals surface area (Å²) in [5.74, 6) is 0.880. The number of aromatic nitrogens is 1. The lowest BCUT2D eigenvalue weighted by molar-refractivity contribution is 0.0126. The van der Waals surface area contributed by atoms with Gasteiger partial charge in [-0.15, -0.1) is 0 Å². The van der Waals surface area contributed by atoms with E-state index >= 15 is 0 Å². The van der Waals surface area contributed by atoms with Crippen molar-refractivity contribution in [1.29, 1.82) is 0 Å². The van der Waals surface area contributed by atoms with Gasteiger partial charge in [-0.05, 0) is 76.9 Å². The van der Waals surface area contributed by atoms with E-state index in [4.69, 9.17) is 9.47 Å². The molecule has 0 unspecified atom stereocenters. The van der Waals surface area contributed by atoms with Crippen LogP contribution in [0.4, 0.5) is 10.5 Å². The number of carbonyl (C=O) groups excluding carboxylic acids is 1. The fraction of sp³-hybridized carbons (Fsp3) is 0.520. The molecule has 1 N–H and O–H groups in total. The third-order valence-electron chi connectivity index (χ3n) is 5.40. The molecule has 1 aromatic heterocycles. The maximum Gasteiger partial charge on any atom is 0.410 e. The Labute approximate surface area is 186 Å². The Morgan fingerprint density at radius 1 is 1.13 bits per heavy atom. The minimum absolute atomic E-state index is 0.114. The summed E-state index contributed by atoms with van der Waals surface area (Å²) in [5.41, 5.74) is 5.05. The molecule has 1 aliphatic rings. The van der Waals surface area contributed by atoms with Crippen LogP contribution in [0.1, 0.15) is 56.1 Å². The Balaban J connectivity index is 1.51. The van der Waals surface area contributed by atoms with Crippen LogP contribution in [-0.4, -0.2) is 40.8 Å². The lowest BCUT2D eigenvalue weighted by Gasteiger charge is -2.33. The smallest absolute Gasteiger partial charge is 0.410 e. The largest absolute Gasteiger partial charge is 0.490 e. The number of hydrogen-bond acceptors (Lipinski definition) is 5. The Hall–Kier alpha value is -2.76. The van der Waals surface area contributed by atoms with E-state index < -0.39 is 5.60 Å². The number of ether oxygens (including phenoxy) is 2. The number of amides is 1. The molecule has 1 aromatic carbocycles. The van der Waals surface area contributed by atoms with E-state index in [1.165, 1.54) is 11.1 Å². The normalized spacial score (nSPS) is 15.0. The molecule has 1 amide bonds. The van der Waals surface area contributed by atoms with Crippen molar-refractivity contribution in [3.63, 3.8) is 0 Å². The molecule has 0 aliphatic carbocycles. The summed E-state index contributed by atoms with van der Waals surface area (Å²) < 4.78 is 11.7. The Kier molecular flexibility index (Phi) is 7.08. The lowest BCUT2D eigenvalue weighted by Crippen LogP contribution is -2.44. The molecule has 6 heteroatoms.